The largest absolute Gasteiger partial charge is 0.361 e. The summed E-state index contributed by atoms with van der Waals surface area (Å²) in [7, 11) is 0. The molecule has 1 atom stereocenters. The van der Waals surface area contributed by atoms with Crippen LogP contribution < -0.4 is 10.6 Å². The van der Waals surface area contributed by atoms with E-state index < -0.39 is 6.04 Å². The Morgan fingerprint density at radius 1 is 1.39 bits per heavy atom. The molecule has 0 aliphatic carbocycles. The maximum Gasteiger partial charge on any atom is 0.244 e. The highest BCUT2D eigenvalue weighted by Crippen LogP contribution is 2.18. The van der Waals surface area contributed by atoms with E-state index in [9.17, 15) is 9.59 Å². The van der Waals surface area contributed by atoms with Crippen molar-refractivity contribution in [3.05, 3.63) is 36.0 Å². The van der Waals surface area contributed by atoms with Gasteiger partial charge in [-0.2, -0.15) is 17.0 Å². The second-order valence-corrected chi connectivity index (χ2v) is 5.90. The molecular formula is C16H18N4O2S. The summed E-state index contributed by atoms with van der Waals surface area (Å²) in [5.74, 6) is -0.106. The van der Waals surface area contributed by atoms with E-state index in [0.29, 0.717) is 5.75 Å². The Hall–Kier alpha value is -2.46. The van der Waals surface area contributed by atoms with Crippen molar-refractivity contribution in [2.24, 2.45) is 0 Å². The number of para-hydroxylation sites is 1. The van der Waals surface area contributed by atoms with Gasteiger partial charge in [0.05, 0.1) is 12.5 Å². The lowest BCUT2D eigenvalue weighted by atomic mass is 10.1. The molecule has 1 aromatic heterocycles. The van der Waals surface area contributed by atoms with Gasteiger partial charge in [-0.05, 0) is 17.9 Å². The second kappa shape index (κ2) is 8.25. The van der Waals surface area contributed by atoms with Gasteiger partial charge in [-0.3, -0.25) is 9.59 Å². The quantitative estimate of drug-likeness (QED) is 0.664. The third kappa shape index (κ3) is 4.50. The first-order valence-corrected chi connectivity index (χ1v) is 8.53. The van der Waals surface area contributed by atoms with E-state index in [1.807, 2.05) is 42.8 Å². The number of nitrogens with one attached hydrogen (secondary N) is 3. The SMILES string of the molecule is CSCC(NC(=O)Cc1c[nH]c2ccccc12)C(=O)NCC#N. The minimum absolute atomic E-state index is 0.0674. The predicted molar refractivity (Wildman–Crippen MR) is 90.9 cm³/mol. The molecule has 0 aliphatic rings. The van der Waals surface area contributed by atoms with E-state index in [1.54, 1.807) is 0 Å². The molecule has 1 heterocycles. The van der Waals surface area contributed by atoms with Gasteiger partial charge in [0.1, 0.15) is 12.6 Å². The fourth-order valence-corrected chi connectivity index (χ4v) is 2.86. The van der Waals surface area contributed by atoms with Crippen LogP contribution in [0.4, 0.5) is 0 Å². The highest BCUT2D eigenvalue weighted by molar-refractivity contribution is 7.98. The monoisotopic (exact) mass is 330 g/mol. The van der Waals surface area contributed by atoms with Gasteiger partial charge in [-0.25, -0.2) is 0 Å². The first-order valence-electron chi connectivity index (χ1n) is 7.13. The molecule has 2 rings (SSSR count). The number of aromatic amines is 1. The van der Waals surface area contributed by atoms with Crippen LogP contribution in [0.15, 0.2) is 30.5 Å². The number of H-pyrrole nitrogens is 1. The van der Waals surface area contributed by atoms with Crippen molar-refractivity contribution in [2.45, 2.75) is 12.5 Å². The Balaban J connectivity index is 2.01. The second-order valence-electron chi connectivity index (χ2n) is 4.99. The molecule has 2 amide bonds. The van der Waals surface area contributed by atoms with Crippen LogP contribution in [-0.2, 0) is 16.0 Å². The third-order valence-electron chi connectivity index (χ3n) is 3.35. The van der Waals surface area contributed by atoms with E-state index >= 15 is 0 Å². The minimum atomic E-state index is -0.643. The highest BCUT2D eigenvalue weighted by Gasteiger charge is 2.20. The van der Waals surface area contributed by atoms with Crippen molar-refractivity contribution in [1.29, 1.82) is 5.26 Å². The van der Waals surface area contributed by atoms with Gasteiger partial charge in [0.25, 0.3) is 0 Å². The molecule has 0 bridgehead atoms. The summed E-state index contributed by atoms with van der Waals surface area (Å²) in [6.45, 7) is -0.0674. The van der Waals surface area contributed by atoms with Crippen LogP contribution in [0, 0.1) is 11.3 Å². The summed E-state index contributed by atoms with van der Waals surface area (Å²) in [4.78, 5) is 27.3. The zero-order valence-corrected chi connectivity index (χ0v) is 13.6. The van der Waals surface area contributed by atoms with Crippen molar-refractivity contribution < 1.29 is 9.59 Å². The molecule has 2 aromatic rings. The number of amides is 2. The van der Waals surface area contributed by atoms with Crippen LogP contribution in [0.5, 0.6) is 0 Å². The van der Waals surface area contributed by atoms with E-state index in [2.05, 4.69) is 15.6 Å². The van der Waals surface area contributed by atoms with Gasteiger partial charge in [0.2, 0.25) is 11.8 Å². The number of carbonyl (C=O) groups excluding carboxylic acids is 2. The van der Waals surface area contributed by atoms with E-state index in [1.165, 1.54) is 11.8 Å². The van der Waals surface area contributed by atoms with Crippen molar-refractivity contribution >= 4 is 34.5 Å². The Labute approximate surface area is 138 Å². The first-order chi connectivity index (χ1) is 11.2. The van der Waals surface area contributed by atoms with Gasteiger partial charge in [-0.15, -0.1) is 0 Å². The fraction of sp³-hybridized carbons (Fsp3) is 0.312. The number of fused-ring (bicyclic) bond motifs is 1. The number of thioether (sulfide) groups is 1. The van der Waals surface area contributed by atoms with Crippen LogP contribution in [0.25, 0.3) is 10.9 Å². The number of carbonyl (C=O) groups is 2. The Morgan fingerprint density at radius 2 is 2.17 bits per heavy atom. The molecule has 0 aliphatic heterocycles. The number of benzene rings is 1. The smallest absolute Gasteiger partial charge is 0.244 e. The lowest BCUT2D eigenvalue weighted by molar-refractivity contribution is -0.128. The first kappa shape index (κ1) is 16.9. The van der Waals surface area contributed by atoms with Crippen LogP contribution in [-0.4, -0.2) is 41.4 Å². The fourth-order valence-electron chi connectivity index (χ4n) is 2.30. The third-order valence-corrected chi connectivity index (χ3v) is 4.02. The Morgan fingerprint density at radius 3 is 2.91 bits per heavy atom. The number of hydrogen-bond donors (Lipinski definition) is 3. The van der Waals surface area contributed by atoms with Crippen LogP contribution in [0.3, 0.4) is 0 Å². The van der Waals surface area contributed by atoms with Crippen molar-refractivity contribution in [3.8, 4) is 6.07 Å². The summed E-state index contributed by atoms with van der Waals surface area (Å²) >= 11 is 1.46. The average molecular weight is 330 g/mol. The summed E-state index contributed by atoms with van der Waals surface area (Å²) in [6.07, 6.45) is 3.86. The molecule has 120 valence electrons. The lowest BCUT2D eigenvalue weighted by Gasteiger charge is -2.16. The van der Waals surface area contributed by atoms with Gasteiger partial charge in [-0.1, -0.05) is 18.2 Å². The molecular weight excluding hydrogens is 312 g/mol. The van der Waals surface area contributed by atoms with Crippen LogP contribution >= 0.6 is 11.8 Å². The van der Waals surface area contributed by atoms with Gasteiger partial charge in [0.15, 0.2) is 0 Å². The van der Waals surface area contributed by atoms with Crippen LogP contribution in [0.2, 0.25) is 0 Å². The Bertz CT molecular complexity index is 735. The topological polar surface area (TPSA) is 97.8 Å². The number of nitriles is 1. The van der Waals surface area contributed by atoms with E-state index in [4.69, 9.17) is 5.26 Å². The molecule has 0 radical (unpaired) electrons. The van der Waals surface area contributed by atoms with E-state index in [-0.39, 0.29) is 24.8 Å². The van der Waals surface area contributed by atoms with Crippen molar-refractivity contribution in [2.75, 3.05) is 18.6 Å². The Kier molecular flexibility index (Phi) is 6.06. The highest BCUT2D eigenvalue weighted by atomic mass is 32.2. The normalized spacial score (nSPS) is 11.7. The average Bonchev–Trinajstić information content (AvgIpc) is 2.95. The molecule has 0 spiro atoms. The number of hydrogen-bond acceptors (Lipinski definition) is 4. The minimum Gasteiger partial charge on any atom is -0.361 e. The molecule has 0 saturated heterocycles. The molecule has 0 fully saturated rings. The van der Waals surface area contributed by atoms with Crippen molar-refractivity contribution in [3.63, 3.8) is 0 Å². The maximum atomic E-state index is 12.2. The summed E-state index contributed by atoms with van der Waals surface area (Å²) in [5, 5.41) is 14.7. The molecule has 3 N–H and O–H groups in total. The molecule has 1 unspecified atom stereocenters. The summed E-state index contributed by atoms with van der Waals surface area (Å²) in [5.41, 5.74) is 1.86. The summed E-state index contributed by atoms with van der Waals surface area (Å²) < 4.78 is 0. The van der Waals surface area contributed by atoms with Gasteiger partial charge in [0, 0.05) is 22.9 Å². The number of nitrogens with zero attached hydrogens (tertiary/aromatic N) is 1. The van der Waals surface area contributed by atoms with Crippen LogP contribution in [0.1, 0.15) is 5.56 Å². The maximum absolute atomic E-state index is 12.2. The lowest BCUT2D eigenvalue weighted by Crippen LogP contribution is -2.48. The standard InChI is InChI=1S/C16H18N4O2S/c1-23-10-14(16(22)18-7-6-17)20-15(21)8-11-9-19-13-5-3-2-4-12(11)13/h2-5,9,14,19H,7-8,10H2,1H3,(H,18,22)(H,20,21). The number of aromatic nitrogens is 1. The van der Waals surface area contributed by atoms with Gasteiger partial charge < -0.3 is 15.6 Å². The molecule has 7 heteroatoms. The van der Waals surface area contributed by atoms with Crippen molar-refractivity contribution in [1.82, 2.24) is 15.6 Å². The van der Waals surface area contributed by atoms with E-state index in [0.717, 1.165) is 16.5 Å². The van der Waals surface area contributed by atoms with Gasteiger partial charge >= 0.3 is 0 Å². The molecule has 1 aromatic carbocycles. The summed E-state index contributed by atoms with van der Waals surface area (Å²) in [6, 6.07) is 8.95. The molecule has 0 saturated carbocycles. The molecule has 6 nitrogen and oxygen atoms in total. The number of rotatable bonds is 7. The molecule has 23 heavy (non-hydrogen) atoms. The predicted octanol–water partition coefficient (Wildman–Crippen LogP) is 1.20. The zero-order valence-electron chi connectivity index (χ0n) is 12.8. The zero-order chi connectivity index (χ0) is 16.7.